The molecule has 0 unspecified atom stereocenters. The van der Waals surface area contributed by atoms with Crippen LogP contribution in [0.15, 0.2) is 27.5 Å². The number of rotatable bonds is 1. The third-order valence-corrected chi connectivity index (χ3v) is 2.13. The Labute approximate surface area is 84.5 Å². The molecule has 1 heterocycles. The van der Waals surface area contributed by atoms with Gasteiger partial charge in [0.15, 0.2) is 5.82 Å². The standard InChI is InChI=1S/C9H7ClN2O2/c1-5-2-3-6(10)4-7(5)8-11-9(13)14-12-8/h2-4H,1H3,(H,11,12,13). The molecule has 4 nitrogen and oxygen atoms in total. The lowest BCUT2D eigenvalue weighted by Crippen LogP contribution is -1.95. The number of hydrogen-bond acceptors (Lipinski definition) is 3. The van der Waals surface area contributed by atoms with E-state index in [1.165, 1.54) is 0 Å². The first-order chi connectivity index (χ1) is 6.66. The number of aromatic nitrogens is 2. The lowest BCUT2D eigenvalue weighted by molar-refractivity contribution is 0.388. The molecule has 72 valence electrons. The van der Waals surface area contributed by atoms with Gasteiger partial charge in [0.05, 0.1) is 0 Å². The number of benzene rings is 1. The van der Waals surface area contributed by atoms with Crippen LogP contribution < -0.4 is 5.76 Å². The molecule has 0 aliphatic carbocycles. The zero-order valence-electron chi connectivity index (χ0n) is 7.37. The summed E-state index contributed by atoms with van der Waals surface area (Å²) in [7, 11) is 0. The van der Waals surface area contributed by atoms with Crippen molar-refractivity contribution in [3.8, 4) is 11.4 Å². The number of H-pyrrole nitrogens is 1. The Bertz CT molecular complexity index is 516. The minimum Gasteiger partial charge on any atom is -0.296 e. The molecular formula is C9H7ClN2O2. The Morgan fingerprint density at radius 2 is 2.29 bits per heavy atom. The number of aryl methyl sites for hydroxylation is 1. The summed E-state index contributed by atoms with van der Waals surface area (Å²) in [5.74, 6) is -0.172. The summed E-state index contributed by atoms with van der Waals surface area (Å²) in [6, 6.07) is 5.36. The van der Waals surface area contributed by atoms with Crippen LogP contribution in [0.25, 0.3) is 11.4 Å². The molecule has 2 aromatic rings. The lowest BCUT2D eigenvalue weighted by Gasteiger charge is -2.00. The zero-order chi connectivity index (χ0) is 10.1. The van der Waals surface area contributed by atoms with Crippen LogP contribution in [0.2, 0.25) is 5.02 Å². The molecule has 14 heavy (non-hydrogen) atoms. The second-order valence-corrected chi connectivity index (χ2v) is 3.34. The molecule has 1 aromatic carbocycles. The van der Waals surface area contributed by atoms with Gasteiger partial charge in [0, 0.05) is 10.6 Å². The van der Waals surface area contributed by atoms with Crippen LogP contribution in [-0.2, 0) is 0 Å². The van der Waals surface area contributed by atoms with E-state index in [-0.39, 0.29) is 0 Å². The number of aromatic amines is 1. The second-order valence-electron chi connectivity index (χ2n) is 2.90. The number of nitrogens with one attached hydrogen (secondary N) is 1. The molecule has 0 fully saturated rings. The van der Waals surface area contributed by atoms with Crippen LogP contribution >= 0.6 is 11.6 Å². The predicted molar refractivity (Wildman–Crippen MR) is 52.3 cm³/mol. The van der Waals surface area contributed by atoms with E-state index < -0.39 is 5.76 Å². The van der Waals surface area contributed by atoms with Gasteiger partial charge in [-0.05, 0) is 24.6 Å². The third-order valence-electron chi connectivity index (χ3n) is 1.90. The van der Waals surface area contributed by atoms with Crippen LogP contribution in [0.4, 0.5) is 0 Å². The molecule has 0 aliphatic heterocycles. The summed E-state index contributed by atoms with van der Waals surface area (Å²) in [5, 5.41) is 4.18. The predicted octanol–water partition coefficient (Wildman–Crippen LogP) is 1.99. The first-order valence-electron chi connectivity index (χ1n) is 3.99. The van der Waals surface area contributed by atoms with Gasteiger partial charge in [-0.1, -0.05) is 22.8 Å². The van der Waals surface area contributed by atoms with Gasteiger partial charge in [0.1, 0.15) is 0 Å². The Morgan fingerprint density at radius 1 is 1.50 bits per heavy atom. The fourth-order valence-corrected chi connectivity index (χ4v) is 1.37. The van der Waals surface area contributed by atoms with Crippen LogP contribution in [0.5, 0.6) is 0 Å². The van der Waals surface area contributed by atoms with Gasteiger partial charge in [0.25, 0.3) is 0 Å². The van der Waals surface area contributed by atoms with E-state index in [0.29, 0.717) is 10.8 Å². The first-order valence-corrected chi connectivity index (χ1v) is 4.37. The lowest BCUT2D eigenvalue weighted by atomic mass is 10.1. The van der Waals surface area contributed by atoms with Gasteiger partial charge in [-0.3, -0.25) is 9.51 Å². The van der Waals surface area contributed by atoms with Gasteiger partial charge in [-0.2, -0.15) is 0 Å². The van der Waals surface area contributed by atoms with E-state index in [0.717, 1.165) is 11.1 Å². The van der Waals surface area contributed by atoms with E-state index in [2.05, 4.69) is 14.7 Å². The monoisotopic (exact) mass is 210 g/mol. The minimum atomic E-state index is -0.570. The highest BCUT2D eigenvalue weighted by atomic mass is 35.5. The second kappa shape index (κ2) is 3.31. The van der Waals surface area contributed by atoms with Crippen molar-refractivity contribution in [3.63, 3.8) is 0 Å². The molecule has 0 aliphatic rings. The Hall–Kier alpha value is -1.55. The fourth-order valence-electron chi connectivity index (χ4n) is 1.20. The van der Waals surface area contributed by atoms with Gasteiger partial charge in [0.2, 0.25) is 0 Å². The highest BCUT2D eigenvalue weighted by Gasteiger charge is 2.07. The molecular weight excluding hydrogens is 204 g/mol. The Morgan fingerprint density at radius 3 is 2.93 bits per heavy atom. The molecule has 0 bridgehead atoms. The maximum atomic E-state index is 10.7. The maximum Gasteiger partial charge on any atom is 0.439 e. The van der Waals surface area contributed by atoms with Crippen LogP contribution in [-0.4, -0.2) is 10.1 Å². The largest absolute Gasteiger partial charge is 0.439 e. The topological polar surface area (TPSA) is 58.9 Å². The molecule has 0 atom stereocenters. The average Bonchev–Trinajstić information content (AvgIpc) is 2.56. The van der Waals surface area contributed by atoms with Crippen LogP contribution in [0.1, 0.15) is 5.56 Å². The third kappa shape index (κ3) is 1.56. The molecule has 0 amide bonds. The van der Waals surface area contributed by atoms with Gasteiger partial charge in [-0.15, -0.1) is 0 Å². The van der Waals surface area contributed by atoms with E-state index in [1.54, 1.807) is 12.1 Å². The Kier molecular flexibility index (Phi) is 2.13. The van der Waals surface area contributed by atoms with Crippen molar-refractivity contribution in [3.05, 3.63) is 39.3 Å². The summed E-state index contributed by atoms with van der Waals surface area (Å²) < 4.78 is 4.41. The van der Waals surface area contributed by atoms with E-state index in [9.17, 15) is 4.79 Å². The maximum absolute atomic E-state index is 10.7. The summed E-state index contributed by atoms with van der Waals surface area (Å²) >= 11 is 5.82. The van der Waals surface area contributed by atoms with Gasteiger partial charge in [-0.25, -0.2) is 4.79 Å². The molecule has 1 aromatic heterocycles. The highest BCUT2D eigenvalue weighted by Crippen LogP contribution is 2.22. The van der Waals surface area contributed by atoms with Crippen molar-refractivity contribution >= 4 is 11.6 Å². The minimum absolute atomic E-state index is 0.398. The van der Waals surface area contributed by atoms with Crippen LogP contribution in [0, 0.1) is 6.92 Å². The smallest absolute Gasteiger partial charge is 0.296 e. The van der Waals surface area contributed by atoms with E-state index in [1.807, 2.05) is 13.0 Å². The normalized spacial score (nSPS) is 10.4. The quantitative estimate of drug-likeness (QED) is 0.783. The van der Waals surface area contributed by atoms with Crippen molar-refractivity contribution in [2.45, 2.75) is 6.92 Å². The number of nitrogens with zero attached hydrogens (tertiary/aromatic N) is 1. The molecule has 0 spiro atoms. The molecule has 0 radical (unpaired) electrons. The van der Waals surface area contributed by atoms with Gasteiger partial charge < -0.3 is 0 Å². The molecule has 0 saturated carbocycles. The average molecular weight is 211 g/mol. The first kappa shape index (κ1) is 9.02. The molecule has 1 N–H and O–H groups in total. The zero-order valence-corrected chi connectivity index (χ0v) is 8.13. The SMILES string of the molecule is Cc1ccc(Cl)cc1-c1noc(=O)[nH]1. The van der Waals surface area contributed by atoms with E-state index in [4.69, 9.17) is 11.6 Å². The van der Waals surface area contributed by atoms with Crippen molar-refractivity contribution in [1.29, 1.82) is 0 Å². The summed E-state index contributed by atoms with van der Waals surface area (Å²) in [6.45, 7) is 1.90. The summed E-state index contributed by atoms with van der Waals surface area (Å²) in [4.78, 5) is 13.2. The van der Waals surface area contributed by atoms with Crippen molar-refractivity contribution in [1.82, 2.24) is 10.1 Å². The fraction of sp³-hybridized carbons (Fsp3) is 0.111. The van der Waals surface area contributed by atoms with Crippen molar-refractivity contribution < 1.29 is 4.52 Å². The summed E-state index contributed by atoms with van der Waals surface area (Å²) in [6.07, 6.45) is 0. The van der Waals surface area contributed by atoms with Crippen molar-refractivity contribution in [2.24, 2.45) is 0 Å². The molecule has 5 heteroatoms. The highest BCUT2D eigenvalue weighted by molar-refractivity contribution is 6.30. The van der Waals surface area contributed by atoms with Crippen LogP contribution in [0.3, 0.4) is 0 Å². The molecule has 2 rings (SSSR count). The summed E-state index contributed by atoms with van der Waals surface area (Å²) in [5.41, 5.74) is 1.74. The van der Waals surface area contributed by atoms with E-state index >= 15 is 0 Å². The van der Waals surface area contributed by atoms with Crippen molar-refractivity contribution in [2.75, 3.05) is 0 Å². The number of halogens is 1. The Balaban J connectivity index is 2.61. The molecule has 0 saturated heterocycles. The van der Waals surface area contributed by atoms with Gasteiger partial charge >= 0.3 is 5.76 Å². The number of hydrogen-bond donors (Lipinski definition) is 1.